The van der Waals surface area contributed by atoms with Gasteiger partial charge in [0, 0.05) is 23.5 Å². The van der Waals surface area contributed by atoms with Crippen LogP contribution >= 0.6 is 8.37 Å². The zero-order valence-electron chi connectivity index (χ0n) is 11.6. The molecule has 0 spiro atoms. The molecule has 0 aliphatic rings. The van der Waals surface area contributed by atoms with E-state index in [0.717, 1.165) is 11.4 Å². The highest BCUT2D eigenvalue weighted by molar-refractivity contribution is 7.53. The van der Waals surface area contributed by atoms with Crippen molar-refractivity contribution in [3.05, 3.63) is 91.3 Å². The highest BCUT2D eigenvalue weighted by Crippen LogP contribution is 2.31. The summed E-state index contributed by atoms with van der Waals surface area (Å²) in [6.45, 7) is 0. The molecule has 3 aromatic rings. The van der Waals surface area contributed by atoms with Crippen LogP contribution in [0, 0.1) is 0 Å². The Hall–Kier alpha value is -2.38. The van der Waals surface area contributed by atoms with Crippen LogP contribution in [0.5, 0.6) is 0 Å². The Morgan fingerprint density at radius 1 is 0.571 bits per heavy atom. The van der Waals surface area contributed by atoms with E-state index in [9.17, 15) is 0 Å². The predicted molar refractivity (Wildman–Crippen MR) is 89.1 cm³/mol. The molecule has 21 heavy (non-hydrogen) atoms. The molecule has 4 heteroatoms. The first-order valence-corrected chi connectivity index (χ1v) is 8.11. The minimum atomic E-state index is -0.792. The fourth-order valence-corrected chi connectivity index (χ4v) is 3.43. The van der Waals surface area contributed by atoms with Crippen LogP contribution in [-0.4, -0.2) is 0 Å². The fraction of sp³-hybridized carbons (Fsp3) is 0. The van der Waals surface area contributed by atoms with E-state index in [0.29, 0.717) is 0 Å². The summed E-state index contributed by atoms with van der Waals surface area (Å²) in [6, 6.07) is 26.6. The van der Waals surface area contributed by atoms with E-state index < -0.39 is 8.37 Å². The van der Waals surface area contributed by atoms with Crippen molar-refractivity contribution in [2.24, 2.45) is 0 Å². The number of para-hydroxylation sites is 2. The van der Waals surface area contributed by atoms with Crippen LogP contribution in [0.25, 0.3) is 0 Å². The molecule has 0 atom stereocenters. The Morgan fingerprint density at radius 3 is 1.48 bits per heavy atom. The second-order valence-electron chi connectivity index (χ2n) is 4.52. The van der Waals surface area contributed by atoms with Gasteiger partial charge in [-0.25, -0.2) is 0 Å². The molecule has 104 valence electrons. The van der Waals surface area contributed by atoms with Gasteiger partial charge in [0.25, 0.3) is 0 Å². The van der Waals surface area contributed by atoms with Gasteiger partial charge in [0.15, 0.2) is 12.4 Å². The number of aromatic nitrogens is 1. The monoisotopic (exact) mass is 294 g/mol. The second-order valence-corrected chi connectivity index (χ2v) is 6.06. The van der Waals surface area contributed by atoms with Crippen molar-refractivity contribution >= 4 is 19.7 Å². The lowest BCUT2D eigenvalue weighted by Gasteiger charge is -2.14. The van der Waals surface area contributed by atoms with E-state index in [1.807, 2.05) is 54.6 Å². The SMILES string of the molecule is c1ccc(NP(Nc2ccccc2)[n+]2ccccc2)cc1. The lowest BCUT2D eigenvalue weighted by atomic mass is 10.3. The molecule has 1 heterocycles. The first-order valence-electron chi connectivity index (χ1n) is 6.82. The maximum atomic E-state index is 3.56. The highest BCUT2D eigenvalue weighted by atomic mass is 31.1. The molecular formula is C17H17N3P+. The summed E-state index contributed by atoms with van der Waals surface area (Å²) in [6.07, 6.45) is 4.13. The van der Waals surface area contributed by atoms with E-state index in [1.54, 1.807) is 0 Å². The number of rotatable bonds is 5. The van der Waals surface area contributed by atoms with Crippen LogP contribution in [0.1, 0.15) is 0 Å². The molecule has 0 saturated carbocycles. The van der Waals surface area contributed by atoms with E-state index in [4.69, 9.17) is 0 Å². The van der Waals surface area contributed by atoms with E-state index in [-0.39, 0.29) is 0 Å². The number of nitrogens with one attached hydrogen (secondary N) is 2. The van der Waals surface area contributed by atoms with Crippen molar-refractivity contribution in [3.8, 4) is 0 Å². The number of anilines is 2. The maximum Gasteiger partial charge on any atom is 0.412 e. The Morgan fingerprint density at radius 2 is 1.00 bits per heavy atom. The number of pyridine rings is 1. The summed E-state index contributed by atoms with van der Waals surface area (Å²) in [7, 11) is -0.792. The predicted octanol–water partition coefficient (Wildman–Crippen LogP) is 4.27. The van der Waals surface area contributed by atoms with Crippen LogP contribution in [0.2, 0.25) is 0 Å². The van der Waals surface area contributed by atoms with Gasteiger partial charge in [0.05, 0.1) is 0 Å². The fourth-order valence-electron chi connectivity index (χ4n) is 1.94. The van der Waals surface area contributed by atoms with E-state index in [2.05, 4.69) is 51.2 Å². The van der Waals surface area contributed by atoms with Gasteiger partial charge in [-0.3, -0.25) is 10.2 Å². The molecule has 3 nitrogen and oxygen atoms in total. The molecule has 0 radical (unpaired) electrons. The molecule has 2 aromatic carbocycles. The van der Waals surface area contributed by atoms with Crippen molar-refractivity contribution in [2.45, 2.75) is 0 Å². The van der Waals surface area contributed by atoms with Crippen molar-refractivity contribution < 1.29 is 4.34 Å². The van der Waals surface area contributed by atoms with Crippen molar-refractivity contribution in [2.75, 3.05) is 10.2 Å². The average Bonchev–Trinajstić information content (AvgIpc) is 2.57. The quantitative estimate of drug-likeness (QED) is 0.688. The van der Waals surface area contributed by atoms with Gasteiger partial charge < -0.3 is 0 Å². The van der Waals surface area contributed by atoms with Crippen LogP contribution in [0.3, 0.4) is 0 Å². The molecule has 0 aliphatic carbocycles. The third-order valence-corrected chi connectivity index (χ3v) is 4.62. The average molecular weight is 294 g/mol. The van der Waals surface area contributed by atoms with Gasteiger partial charge in [0.2, 0.25) is 0 Å². The second kappa shape index (κ2) is 6.87. The number of hydrogen-bond donors (Lipinski definition) is 2. The molecule has 2 N–H and O–H groups in total. The first kappa shape index (κ1) is 13.6. The van der Waals surface area contributed by atoms with Gasteiger partial charge in [-0.15, -0.1) is 0 Å². The summed E-state index contributed by atoms with van der Waals surface area (Å²) in [5.74, 6) is 0. The largest absolute Gasteiger partial charge is 0.412 e. The van der Waals surface area contributed by atoms with Crippen LogP contribution in [0.4, 0.5) is 11.4 Å². The summed E-state index contributed by atoms with van der Waals surface area (Å²) >= 11 is 0. The Labute approximate surface area is 126 Å². The smallest absolute Gasteiger partial charge is 0.291 e. The van der Waals surface area contributed by atoms with Gasteiger partial charge in [0.1, 0.15) is 0 Å². The lowest BCUT2D eigenvalue weighted by Crippen LogP contribution is -2.33. The zero-order valence-corrected chi connectivity index (χ0v) is 12.4. The molecule has 0 amide bonds. The lowest BCUT2D eigenvalue weighted by molar-refractivity contribution is -0.510. The summed E-state index contributed by atoms with van der Waals surface area (Å²) in [4.78, 5) is 0. The van der Waals surface area contributed by atoms with Gasteiger partial charge in [-0.1, -0.05) is 42.5 Å². The van der Waals surface area contributed by atoms with E-state index >= 15 is 0 Å². The molecule has 0 fully saturated rings. The third-order valence-electron chi connectivity index (χ3n) is 2.95. The minimum Gasteiger partial charge on any atom is -0.291 e. The summed E-state index contributed by atoms with van der Waals surface area (Å²) < 4.78 is 2.16. The van der Waals surface area contributed by atoms with Crippen molar-refractivity contribution in [1.82, 2.24) is 0 Å². The normalized spacial score (nSPS) is 10.3. The van der Waals surface area contributed by atoms with Crippen LogP contribution in [-0.2, 0) is 0 Å². The molecular weight excluding hydrogens is 277 g/mol. The van der Waals surface area contributed by atoms with E-state index in [1.165, 1.54) is 0 Å². The van der Waals surface area contributed by atoms with Crippen molar-refractivity contribution in [1.29, 1.82) is 0 Å². The molecule has 0 aliphatic heterocycles. The standard InChI is InChI=1S/C17H17N3P/c1-4-10-16(11-5-1)18-21(20-14-8-3-9-15-20)19-17-12-6-2-7-13-17/h1-15,18-19H/q+1. The molecule has 0 saturated heterocycles. The summed E-state index contributed by atoms with van der Waals surface area (Å²) in [5.41, 5.74) is 2.20. The zero-order chi connectivity index (χ0) is 14.3. The Bertz CT molecular complexity index is 618. The Kier molecular flexibility index (Phi) is 4.45. The van der Waals surface area contributed by atoms with Crippen molar-refractivity contribution in [3.63, 3.8) is 0 Å². The minimum absolute atomic E-state index is 0.792. The number of benzene rings is 2. The van der Waals surface area contributed by atoms with Crippen LogP contribution < -0.4 is 14.5 Å². The highest BCUT2D eigenvalue weighted by Gasteiger charge is 2.20. The molecule has 1 aromatic heterocycles. The van der Waals surface area contributed by atoms with Gasteiger partial charge in [-0.2, -0.15) is 4.34 Å². The Balaban J connectivity index is 1.84. The molecule has 3 rings (SSSR count). The molecule has 0 unspecified atom stereocenters. The third kappa shape index (κ3) is 3.80. The maximum absolute atomic E-state index is 3.56. The summed E-state index contributed by atoms with van der Waals surface area (Å²) in [5, 5.41) is 7.12. The topological polar surface area (TPSA) is 27.9 Å². The number of hydrogen-bond acceptors (Lipinski definition) is 2. The van der Waals surface area contributed by atoms with Gasteiger partial charge in [-0.05, 0) is 24.3 Å². The van der Waals surface area contributed by atoms with Gasteiger partial charge >= 0.3 is 8.37 Å². The number of nitrogens with zero attached hydrogens (tertiary/aromatic N) is 1. The first-order chi connectivity index (χ1) is 10.4. The molecule has 0 bridgehead atoms. The van der Waals surface area contributed by atoms with Crippen LogP contribution in [0.15, 0.2) is 91.3 Å².